The second-order valence-corrected chi connectivity index (χ2v) is 4.39. The molecule has 1 N–H and O–H groups in total. The van der Waals surface area contributed by atoms with Crippen LogP contribution in [0, 0.1) is 32.1 Å². The summed E-state index contributed by atoms with van der Waals surface area (Å²) in [5, 5.41) is 12.3. The van der Waals surface area contributed by atoms with E-state index < -0.39 is 0 Å². The van der Waals surface area contributed by atoms with Crippen molar-refractivity contribution in [1.29, 1.82) is 5.26 Å². The first-order valence-corrected chi connectivity index (χ1v) is 5.82. The monoisotopic (exact) mass is 237 g/mol. The van der Waals surface area contributed by atoms with E-state index in [0.29, 0.717) is 11.4 Å². The van der Waals surface area contributed by atoms with Crippen LogP contribution in [0.4, 0.5) is 11.5 Å². The number of benzene rings is 1. The summed E-state index contributed by atoms with van der Waals surface area (Å²) in [6, 6.07) is 10.1. The molecule has 0 bridgehead atoms. The molecule has 0 aliphatic heterocycles. The van der Waals surface area contributed by atoms with Crippen LogP contribution in [-0.2, 0) is 0 Å². The molecule has 0 saturated carbocycles. The van der Waals surface area contributed by atoms with Crippen molar-refractivity contribution in [2.24, 2.45) is 0 Å². The third-order valence-corrected chi connectivity index (χ3v) is 3.04. The highest BCUT2D eigenvalue weighted by atomic mass is 15.0. The second-order valence-electron chi connectivity index (χ2n) is 4.39. The standard InChI is InChI=1S/C15H15N3/c1-10-4-5-13(8-12(10)3)18-15-14(9-16)11(2)6-7-17-15/h4-8H,1-3H3,(H,17,18). The minimum atomic E-state index is 0.593. The zero-order valence-electron chi connectivity index (χ0n) is 10.8. The predicted molar refractivity (Wildman–Crippen MR) is 72.9 cm³/mol. The van der Waals surface area contributed by atoms with Crippen molar-refractivity contribution < 1.29 is 0 Å². The molecule has 90 valence electrons. The first-order chi connectivity index (χ1) is 8.61. The largest absolute Gasteiger partial charge is 0.339 e. The molecule has 0 amide bonds. The molecule has 0 atom stereocenters. The molecule has 1 aromatic heterocycles. The molecule has 2 rings (SSSR count). The number of aryl methyl sites for hydroxylation is 3. The van der Waals surface area contributed by atoms with E-state index in [1.807, 2.05) is 19.1 Å². The van der Waals surface area contributed by atoms with Gasteiger partial charge in [0.05, 0.1) is 5.56 Å². The van der Waals surface area contributed by atoms with Crippen LogP contribution < -0.4 is 5.32 Å². The van der Waals surface area contributed by atoms with E-state index in [1.165, 1.54) is 11.1 Å². The Labute approximate surface area is 107 Å². The third-order valence-electron chi connectivity index (χ3n) is 3.04. The lowest BCUT2D eigenvalue weighted by Gasteiger charge is -2.10. The van der Waals surface area contributed by atoms with Crippen molar-refractivity contribution in [3.63, 3.8) is 0 Å². The molecule has 0 fully saturated rings. The lowest BCUT2D eigenvalue weighted by atomic mass is 10.1. The van der Waals surface area contributed by atoms with Gasteiger partial charge >= 0.3 is 0 Å². The number of nitrogens with zero attached hydrogens (tertiary/aromatic N) is 2. The van der Waals surface area contributed by atoms with Gasteiger partial charge in [-0.3, -0.25) is 0 Å². The van der Waals surface area contributed by atoms with Crippen molar-refractivity contribution in [1.82, 2.24) is 4.98 Å². The molecule has 0 radical (unpaired) electrons. The molecule has 0 unspecified atom stereocenters. The minimum Gasteiger partial charge on any atom is -0.339 e. The van der Waals surface area contributed by atoms with Crippen LogP contribution in [0.5, 0.6) is 0 Å². The topological polar surface area (TPSA) is 48.7 Å². The van der Waals surface area contributed by atoms with Gasteiger partial charge in [0.25, 0.3) is 0 Å². The molecular weight excluding hydrogens is 222 g/mol. The van der Waals surface area contributed by atoms with Gasteiger partial charge in [-0.1, -0.05) is 6.07 Å². The van der Waals surface area contributed by atoms with Crippen LogP contribution in [0.2, 0.25) is 0 Å². The molecule has 3 heteroatoms. The van der Waals surface area contributed by atoms with E-state index in [1.54, 1.807) is 6.20 Å². The summed E-state index contributed by atoms with van der Waals surface area (Å²) < 4.78 is 0. The van der Waals surface area contributed by atoms with Crippen molar-refractivity contribution in [3.8, 4) is 6.07 Å². The number of pyridine rings is 1. The average molecular weight is 237 g/mol. The molecule has 2 aromatic rings. The molecule has 18 heavy (non-hydrogen) atoms. The number of hydrogen-bond acceptors (Lipinski definition) is 3. The number of nitrogens with one attached hydrogen (secondary N) is 1. The first kappa shape index (κ1) is 12.1. The zero-order chi connectivity index (χ0) is 13.1. The van der Waals surface area contributed by atoms with Crippen molar-refractivity contribution in [3.05, 3.63) is 52.7 Å². The van der Waals surface area contributed by atoms with E-state index in [9.17, 15) is 0 Å². The maximum atomic E-state index is 9.15. The van der Waals surface area contributed by atoms with Gasteiger partial charge in [-0.25, -0.2) is 4.98 Å². The van der Waals surface area contributed by atoms with E-state index in [2.05, 4.69) is 42.4 Å². The molecule has 0 aliphatic rings. The molecule has 3 nitrogen and oxygen atoms in total. The van der Waals surface area contributed by atoms with E-state index in [4.69, 9.17) is 5.26 Å². The maximum absolute atomic E-state index is 9.15. The molecule has 0 aliphatic carbocycles. The number of rotatable bonds is 2. The van der Waals surface area contributed by atoms with Gasteiger partial charge in [0.2, 0.25) is 0 Å². The van der Waals surface area contributed by atoms with Gasteiger partial charge in [-0.15, -0.1) is 0 Å². The molecule has 0 spiro atoms. The summed E-state index contributed by atoms with van der Waals surface area (Å²) in [5.74, 6) is 0.612. The highest BCUT2D eigenvalue weighted by Crippen LogP contribution is 2.22. The van der Waals surface area contributed by atoms with Gasteiger partial charge in [0.15, 0.2) is 0 Å². The second kappa shape index (κ2) is 4.89. The van der Waals surface area contributed by atoms with E-state index >= 15 is 0 Å². The summed E-state index contributed by atoms with van der Waals surface area (Å²) in [7, 11) is 0. The normalized spacial score (nSPS) is 9.89. The minimum absolute atomic E-state index is 0.593. The summed E-state index contributed by atoms with van der Waals surface area (Å²) in [6.45, 7) is 6.05. The van der Waals surface area contributed by atoms with Crippen LogP contribution in [-0.4, -0.2) is 4.98 Å². The SMILES string of the molecule is Cc1ccc(Nc2nccc(C)c2C#N)cc1C. The lowest BCUT2D eigenvalue weighted by Crippen LogP contribution is -1.99. The van der Waals surface area contributed by atoms with Crippen LogP contribution in [0.3, 0.4) is 0 Å². The Morgan fingerprint density at radius 3 is 2.50 bits per heavy atom. The van der Waals surface area contributed by atoms with Gasteiger partial charge in [-0.2, -0.15) is 5.26 Å². The van der Waals surface area contributed by atoms with Crippen molar-refractivity contribution in [2.75, 3.05) is 5.32 Å². The Balaban J connectivity index is 2.37. The van der Waals surface area contributed by atoms with Crippen LogP contribution in [0.1, 0.15) is 22.3 Å². The molecule has 1 heterocycles. The molecule has 1 aromatic carbocycles. The highest BCUT2D eigenvalue weighted by molar-refractivity contribution is 5.65. The smallest absolute Gasteiger partial charge is 0.148 e. The Morgan fingerprint density at radius 2 is 1.83 bits per heavy atom. The fraction of sp³-hybridized carbons (Fsp3) is 0.200. The zero-order valence-corrected chi connectivity index (χ0v) is 10.8. The summed E-state index contributed by atoms with van der Waals surface area (Å²) in [6.07, 6.45) is 1.71. The number of aromatic nitrogens is 1. The van der Waals surface area contributed by atoms with Crippen LogP contribution in [0.25, 0.3) is 0 Å². The number of nitriles is 1. The first-order valence-electron chi connectivity index (χ1n) is 5.82. The van der Waals surface area contributed by atoms with E-state index in [0.717, 1.165) is 11.3 Å². The Morgan fingerprint density at radius 1 is 1.06 bits per heavy atom. The van der Waals surface area contributed by atoms with Gasteiger partial charge in [0.1, 0.15) is 11.9 Å². The summed E-state index contributed by atoms with van der Waals surface area (Å²) in [5.41, 5.74) is 4.94. The van der Waals surface area contributed by atoms with Crippen LogP contribution in [0.15, 0.2) is 30.5 Å². The average Bonchev–Trinajstić information content (AvgIpc) is 2.34. The number of anilines is 2. The number of hydrogen-bond donors (Lipinski definition) is 1. The predicted octanol–water partition coefficient (Wildman–Crippen LogP) is 3.62. The van der Waals surface area contributed by atoms with Gasteiger partial charge in [-0.05, 0) is 55.7 Å². The fourth-order valence-electron chi connectivity index (χ4n) is 1.75. The summed E-state index contributed by atoms with van der Waals surface area (Å²) >= 11 is 0. The van der Waals surface area contributed by atoms with Crippen molar-refractivity contribution >= 4 is 11.5 Å². The third kappa shape index (κ3) is 2.33. The van der Waals surface area contributed by atoms with Crippen LogP contribution >= 0.6 is 0 Å². The quantitative estimate of drug-likeness (QED) is 0.867. The van der Waals surface area contributed by atoms with Gasteiger partial charge < -0.3 is 5.32 Å². The van der Waals surface area contributed by atoms with E-state index in [-0.39, 0.29) is 0 Å². The Hall–Kier alpha value is -2.34. The van der Waals surface area contributed by atoms with Crippen molar-refractivity contribution in [2.45, 2.75) is 20.8 Å². The van der Waals surface area contributed by atoms with Gasteiger partial charge in [0, 0.05) is 11.9 Å². The fourth-order valence-corrected chi connectivity index (χ4v) is 1.75. The summed E-state index contributed by atoms with van der Waals surface area (Å²) in [4.78, 5) is 4.22. The Kier molecular flexibility index (Phi) is 3.29. The maximum Gasteiger partial charge on any atom is 0.148 e. The lowest BCUT2D eigenvalue weighted by molar-refractivity contribution is 1.24. The highest BCUT2D eigenvalue weighted by Gasteiger charge is 2.06. The Bertz CT molecular complexity index is 624. The molecule has 0 saturated heterocycles. The molecular formula is C15H15N3.